The summed E-state index contributed by atoms with van der Waals surface area (Å²) >= 11 is 5.99. The number of amides is 1. The first-order chi connectivity index (χ1) is 13.4. The molecule has 0 saturated heterocycles. The average molecular weight is 398 g/mol. The van der Waals surface area contributed by atoms with E-state index in [1.807, 2.05) is 42.8 Å². The van der Waals surface area contributed by atoms with Gasteiger partial charge < -0.3 is 5.32 Å². The van der Waals surface area contributed by atoms with Crippen LogP contribution < -0.4 is 5.32 Å². The fourth-order valence-corrected chi connectivity index (χ4v) is 6.56. The van der Waals surface area contributed by atoms with Crippen LogP contribution >= 0.6 is 11.6 Å². The van der Waals surface area contributed by atoms with Crippen LogP contribution in [-0.4, -0.2) is 15.7 Å². The van der Waals surface area contributed by atoms with E-state index in [2.05, 4.69) is 5.32 Å². The first-order valence-electron chi connectivity index (χ1n) is 10.5. The molecule has 1 amide bonds. The lowest BCUT2D eigenvalue weighted by molar-refractivity contribution is -0.140. The zero-order chi connectivity index (χ0) is 19.5. The summed E-state index contributed by atoms with van der Waals surface area (Å²) in [5.41, 5.74) is 3.82. The molecular formula is C23H28ClN3O. The molecule has 1 N–H and O–H groups in total. The zero-order valence-electron chi connectivity index (χ0n) is 16.7. The van der Waals surface area contributed by atoms with Gasteiger partial charge in [-0.05, 0) is 87.8 Å². The third-order valence-corrected chi connectivity index (χ3v) is 7.64. The third kappa shape index (κ3) is 3.06. The molecule has 0 unspecified atom stereocenters. The molecule has 0 spiro atoms. The molecule has 0 aliphatic heterocycles. The number of carbonyl (C=O) groups excluding carboxylic acids is 1. The van der Waals surface area contributed by atoms with E-state index >= 15 is 0 Å². The summed E-state index contributed by atoms with van der Waals surface area (Å²) in [6.45, 7) is 4.71. The number of carbonyl (C=O) groups is 1. The number of rotatable bonds is 4. The Hall–Kier alpha value is -1.81. The van der Waals surface area contributed by atoms with Crippen molar-refractivity contribution < 1.29 is 4.79 Å². The number of hydrogen-bond acceptors (Lipinski definition) is 2. The standard InChI is InChI=1S/C23H28ClN3O/c1-14-21(15(2)27(26-14)13-16-3-5-20(24)6-4-16)25-22(28)23-10-17-7-18(11-23)9-19(8-17)12-23/h3-6,17-19H,7-13H2,1-2H3,(H,25,28). The summed E-state index contributed by atoms with van der Waals surface area (Å²) in [5.74, 6) is 2.55. The van der Waals surface area contributed by atoms with E-state index in [0.29, 0.717) is 6.54 Å². The average Bonchev–Trinajstić information content (AvgIpc) is 2.90. The molecule has 1 heterocycles. The number of nitrogens with one attached hydrogen (secondary N) is 1. The molecule has 4 nitrogen and oxygen atoms in total. The highest BCUT2D eigenvalue weighted by Gasteiger charge is 2.54. The Kier molecular flexibility index (Phi) is 4.31. The predicted molar refractivity (Wildman–Crippen MR) is 111 cm³/mol. The maximum absolute atomic E-state index is 13.4. The van der Waals surface area contributed by atoms with Crippen LogP contribution in [0.5, 0.6) is 0 Å². The lowest BCUT2D eigenvalue weighted by Gasteiger charge is -2.55. The summed E-state index contributed by atoms with van der Waals surface area (Å²) in [6.07, 6.45) is 7.31. The van der Waals surface area contributed by atoms with Gasteiger partial charge in [-0.25, -0.2) is 0 Å². The smallest absolute Gasteiger partial charge is 0.230 e. The molecule has 4 bridgehead atoms. The van der Waals surface area contributed by atoms with Crippen LogP contribution in [0.15, 0.2) is 24.3 Å². The van der Waals surface area contributed by atoms with Crippen molar-refractivity contribution in [2.75, 3.05) is 5.32 Å². The highest BCUT2D eigenvalue weighted by Crippen LogP contribution is 2.60. The molecule has 4 aliphatic rings. The van der Waals surface area contributed by atoms with E-state index in [4.69, 9.17) is 16.7 Å². The number of hydrogen-bond donors (Lipinski definition) is 1. The van der Waals surface area contributed by atoms with E-state index in [-0.39, 0.29) is 11.3 Å². The molecule has 0 radical (unpaired) electrons. The second-order valence-corrected chi connectivity index (χ2v) is 9.92. The van der Waals surface area contributed by atoms with E-state index in [0.717, 1.165) is 64.7 Å². The minimum atomic E-state index is -0.133. The van der Waals surface area contributed by atoms with Gasteiger partial charge in [-0.2, -0.15) is 5.10 Å². The van der Waals surface area contributed by atoms with Crippen molar-refractivity contribution in [1.82, 2.24) is 9.78 Å². The molecule has 0 atom stereocenters. The van der Waals surface area contributed by atoms with Crippen LogP contribution in [0.3, 0.4) is 0 Å². The summed E-state index contributed by atoms with van der Waals surface area (Å²) in [5, 5.41) is 8.74. The van der Waals surface area contributed by atoms with E-state index in [9.17, 15) is 4.79 Å². The van der Waals surface area contributed by atoms with Crippen LogP contribution in [0, 0.1) is 37.0 Å². The molecule has 1 aromatic heterocycles. The van der Waals surface area contributed by atoms with Gasteiger partial charge in [-0.15, -0.1) is 0 Å². The molecule has 1 aromatic carbocycles. The molecule has 4 saturated carbocycles. The lowest BCUT2D eigenvalue weighted by Crippen LogP contribution is -2.51. The zero-order valence-corrected chi connectivity index (χ0v) is 17.4. The maximum Gasteiger partial charge on any atom is 0.230 e. The van der Waals surface area contributed by atoms with Crippen molar-refractivity contribution in [3.05, 3.63) is 46.2 Å². The summed E-state index contributed by atoms with van der Waals surface area (Å²) < 4.78 is 1.98. The third-order valence-electron chi connectivity index (χ3n) is 7.39. The predicted octanol–water partition coefficient (Wildman–Crippen LogP) is 5.36. The van der Waals surface area contributed by atoms with Crippen LogP contribution in [0.25, 0.3) is 0 Å². The van der Waals surface area contributed by atoms with Crippen LogP contribution in [0.2, 0.25) is 5.02 Å². The first-order valence-corrected chi connectivity index (χ1v) is 10.9. The number of benzene rings is 1. The van der Waals surface area contributed by atoms with Crippen molar-refractivity contribution in [1.29, 1.82) is 0 Å². The van der Waals surface area contributed by atoms with Crippen molar-refractivity contribution in [3.63, 3.8) is 0 Å². The SMILES string of the molecule is Cc1nn(Cc2ccc(Cl)cc2)c(C)c1NC(=O)C12CC3CC(CC(C3)C1)C2. The van der Waals surface area contributed by atoms with Gasteiger partial charge in [0.1, 0.15) is 0 Å². The highest BCUT2D eigenvalue weighted by atomic mass is 35.5. The fourth-order valence-electron chi connectivity index (χ4n) is 6.43. The Morgan fingerprint density at radius 2 is 1.68 bits per heavy atom. The molecule has 4 aliphatic carbocycles. The van der Waals surface area contributed by atoms with Gasteiger partial charge >= 0.3 is 0 Å². The van der Waals surface area contributed by atoms with Crippen molar-refractivity contribution in [3.8, 4) is 0 Å². The van der Waals surface area contributed by atoms with Crippen LogP contribution in [0.4, 0.5) is 5.69 Å². The second-order valence-electron chi connectivity index (χ2n) is 9.48. The Morgan fingerprint density at radius 3 is 2.25 bits per heavy atom. The van der Waals surface area contributed by atoms with Crippen LogP contribution in [0.1, 0.15) is 55.5 Å². The monoisotopic (exact) mass is 397 g/mol. The van der Waals surface area contributed by atoms with E-state index in [1.165, 1.54) is 19.3 Å². The largest absolute Gasteiger partial charge is 0.322 e. The normalized spacial score (nSPS) is 30.6. The molecule has 6 rings (SSSR count). The first kappa shape index (κ1) is 18.2. The Morgan fingerprint density at radius 1 is 1.11 bits per heavy atom. The number of halogens is 1. The minimum Gasteiger partial charge on any atom is -0.322 e. The fraction of sp³-hybridized carbons (Fsp3) is 0.565. The molecule has 5 heteroatoms. The summed E-state index contributed by atoms with van der Waals surface area (Å²) in [7, 11) is 0. The van der Waals surface area contributed by atoms with Gasteiger partial charge in [0.05, 0.1) is 29.0 Å². The van der Waals surface area contributed by atoms with Gasteiger partial charge in [0.2, 0.25) is 5.91 Å². The van der Waals surface area contributed by atoms with Gasteiger partial charge in [0.15, 0.2) is 0 Å². The van der Waals surface area contributed by atoms with Crippen LogP contribution in [-0.2, 0) is 11.3 Å². The van der Waals surface area contributed by atoms with Gasteiger partial charge in [-0.3, -0.25) is 9.48 Å². The maximum atomic E-state index is 13.4. The number of nitrogens with zero attached hydrogens (tertiary/aromatic N) is 2. The Bertz CT molecular complexity index is 879. The lowest BCUT2D eigenvalue weighted by atomic mass is 9.49. The molecule has 148 valence electrons. The molecule has 4 fully saturated rings. The van der Waals surface area contributed by atoms with Gasteiger partial charge in [-0.1, -0.05) is 23.7 Å². The number of aromatic nitrogens is 2. The summed E-state index contributed by atoms with van der Waals surface area (Å²) in [6, 6.07) is 7.84. The highest BCUT2D eigenvalue weighted by molar-refractivity contribution is 6.30. The minimum absolute atomic E-state index is 0.133. The van der Waals surface area contributed by atoms with E-state index < -0.39 is 0 Å². The Balaban J connectivity index is 1.36. The van der Waals surface area contributed by atoms with Crippen molar-refractivity contribution in [2.24, 2.45) is 23.2 Å². The number of anilines is 1. The topological polar surface area (TPSA) is 46.9 Å². The van der Waals surface area contributed by atoms with Crippen molar-refractivity contribution >= 4 is 23.2 Å². The van der Waals surface area contributed by atoms with Crippen molar-refractivity contribution in [2.45, 2.75) is 58.9 Å². The van der Waals surface area contributed by atoms with Gasteiger partial charge in [0, 0.05) is 5.02 Å². The van der Waals surface area contributed by atoms with E-state index in [1.54, 1.807) is 0 Å². The molecular weight excluding hydrogens is 370 g/mol. The second kappa shape index (κ2) is 6.62. The quantitative estimate of drug-likeness (QED) is 0.755. The Labute approximate surface area is 171 Å². The number of aryl methyl sites for hydroxylation is 1. The van der Waals surface area contributed by atoms with Gasteiger partial charge in [0.25, 0.3) is 0 Å². The summed E-state index contributed by atoms with van der Waals surface area (Å²) in [4.78, 5) is 13.4. The molecule has 28 heavy (non-hydrogen) atoms. The molecule has 2 aromatic rings.